The van der Waals surface area contributed by atoms with Crippen molar-refractivity contribution in [2.75, 3.05) is 20.3 Å². The van der Waals surface area contributed by atoms with Crippen molar-refractivity contribution in [3.8, 4) is 17.0 Å². The van der Waals surface area contributed by atoms with Gasteiger partial charge in [0.25, 0.3) is 5.91 Å². The molecular weight excluding hydrogens is 560 g/mol. The number of rotatable bonds is 10. The largest absolute Gasteiger partial charge is 0.480 e. The Morgan fingerprint density at radius 1 is 1.15 bits per heavy atom. The Morgan fingerprint density at radius 2 is 1.90 bits per heavy atom. The number of nitrogens with zero attached hydrogens (tertiary/aromatic N) is 2. The van der Waals surface area contributed by atoms with E-state index < -0.39 is 90.5 Å². The number of sulfone groups is 1. The summed E-state index contributed by atoms with van der Waals surface area (Å²) in [5.74, 6) is -6.91. The molecular formula is C25H22F4N4O6S. The normalized spacial score (nSPS) is 12.5. The molecule has 0 bridgehead atoms. The lowest BCUT2D eigenvalue weighted by atomic mass is 9.99. The Morgan fingerprint density at radius 3 is 2.60 bits per heavy atom. The van der Waals surface area contributed by atoms with Crippen LogP contribution in [0.25, 0.3) is 22.0 Å². The van der Waals surface area contributed by atoms with Crippen molar-refractivity contribution in [3.63, 3.8) is 0 Å². The van der Waals surface area contributed by atoms with E-state index in [-0.39, 0.29) is 24.0 Å². The van der Waals surface area contributed by atoms with E-state index in [1.807, 2.05) is 0 Å². The Bertz CT molecular complexity index is 1700. The molecule has 2 aromatic carbocycles. The third-order valence-electron chi connectivity index (χ3n) is 5.97. The summed E-state index contributed by atoms with van der Waals surface area (Å²) in [5.41, 5.74) is -2.56. The zero-order valence-corrected chi connectivity index (χ0v) is 21.5. The molecule has 0 aliphatic heterocycles. The maximum absolute atomic E-state index is 15.6. The predicted octanol–water partition coefficient (Wildman–Crippen LogP) is 2.64. The SMILES string of the molecule is COc1ncc(F)cc1S(=O)(=O)Cc1ccc(F)c(-c2ccc3c(C(=O)NCC[C@@H](O)CO)[nH]nc3c2F)c1F. The minimum atomic E-state index is -4.45. The Labute approximate surface area is 224 Å². The van der Waals surface area contributed by atoms with Crippen molar-refractivity contribution in [2.45, 2.75) is 23.2 Å². The van der Waals surface area contributed by atoms with Gasteiger partial charge in [0.15, 0.2) is 15.7 Å². The van der Waals surface area contributed by atoms with Crippen molar-refractivity contribution in [1.29, 1.82) is 0 Å². The van der Waals surface area contributed by atoms with E-state index in [2.05, 4.69) is 20.5 Å². The van der Waals surface area contributed by atoms with E-state index in [0.29, 0.717) is 6.07 Å². The zero-order chi connectivity index (χ0) is 29.2. The number of aromatic nitrogens is 3. The number of hydrogen-bond acceptors (Lipinski definition) is 8. The maximum atomic E-state index is 15.6. The van der Waals surface area contributed by atoms with Crippen molar-refractivity contribution in [1.82, 2.24) is 20.5 Å². The minimum Gasteiger partial charge on any atom is -0.480 e. The van der Waals surface area contributed by atoms with Crippen LogP contribution in [0.3, 0.4) is 0 Å². The van der Waals surface area contributed by atoms with Gasteiger partial charge in [0.1, 0.15) is 33.6 Å². The number of carbonyl (C=O) groups is 1. The highest BCUT2D eigenvalue weighted by atomic mass is 32.2. The summed E-state index contributed by atoms with van der Waals surface area (Å²) < 4.78 is 90.3. The van der Waals surface area contributed by atoms with Crippen molar-refractivity contribution < 1.29 is 45.7 Å². The number of hydrogen-bond donors (Lipinski definition) is 4. The molecule has 212 valence electrons. The first-order valence-corrected chi connectivity index (χ1v) is 13.3. The molecule has 1 atom stereocenters. The number of aromatic amines is 1. The number of H-pyrrole nitrogens is 1. The van der Waals surface area contributed by atoms with E-state index in [9.17, 15) is 27.1 Å². The fraction of sp³-hybridized carbons (Fsp3) is 0.240. The molecule has 0 unspecified atom stereocenters. The third kappa shape index (κ3) is 5.61. The fourth-order valence-electron chi connectivity index (χ4n) is 3.97. The third-order valence-corrected chi connectivity index (χ3v) is 7.62. The van der Waals surface area contributed by atoms with Crippen LogP contribution in [-0.2, 0) is 15.6 Å². The molecule has 0 fully saturated rings. The molecule has 4 rings (SSSR count). The number of aliphatic hydroxyl groups excluding tert-OH is 2. The standard InChI is InChI=1S/C25H22F4N4O6S/c1-39-25-18(8-13(26)9-31-25)40(37,38)11-12-2-5-17(27)19(20(12)28)15-3-4-16-22(21(15)29)32-33-23(16)24(36)30-7-6-14(35)10-34/h2-5,8-9,14,34-35H,6-7,10-11H2,1H3,(H,30,36)(H,32,33)/t14-/m1/s1. The number of amides is 1. The van der Waals surface area contributed by atoms with Gasteiger partial charge >= 0.3 is 0 Å². The highest BCUT2D eigenvalue weighted by molar-refractivity contribution is 7.90. The van der Waals surface area contributed by atoms with Crippen LogP contribution in [0.15, 0.2) is 41.4 Å². The van der Waals surface area contributed by atoms with Crippen LogP contribution < -0.4 is 10.1 Å². The molecule has 0 spiro atoms. The van der Waals surface area contributed by atoms with Gasteiger partial charge < -0.3 is 20.3 Å². The Kier molecular flexibility index (Phi) is 8.37. The second-order valence-corrected chi connectivity index (χ2v) is 10.6. The van der Waals surface area contributed by atoms with Crippen LogP contribution >= 0.6 is 0 Å². The lowest BCUT2D eigenvalue weighted by Crippen LogP contribution is -2.28. The smallest absolute Gasteiger partial charge is 0.269 e. The molecule has 4 N–H and O–H groups in total. The van der Waals surface area contributed by atoms with Crippen molar-refractivity contribution >= 4 is 26.6 Å². The predicted molar refractivity (Wildman–Crippen MR) is 133 cm³/mol. The first kappa shape index (κ1) is 28.9. The molecule has 0 saturated heterocycles. The van der Waals surface area contributed by atoms with Gasteiger partial charge in [-0.25, -0.2) is 31.0 Å². The van der Waals surface area contributed by atoms with E-state index in [1.54, 1.807) is 0 Å². The van der Waals surface area contributed by atoms with Crippen LogP contribution in [0.2, 0.25) is 0 Å². The number of fused-ring (bicyclic) bond motifs is 1. The summed E-state index contributed by atoms with van der Waals surface area (Å²) in [5, 5.41) is 26.8. The molecule has 2 heterocycles. The van der Waals surface area contributed by atoms with Crippen LogP contribution in [-0.4, -0.2) is 66.1 Å². The molecule has 1 amide bonds. The number of methoxy groups -OCH3 is 1. The van der Waals surface area contributed by atoms with Crippen LogP contribution in [0.5, 0.6) is 5.88 Å². The quantitative estimate of drug-likeness (QED) is 0.208. The molecule has 15 heteroatoms. The second-order valence-electron chi connectivity index (χ2n) is 8.62. The van der Waals surface area contributed by atoms with Gasteiger partial charge in [-0.15, -0.1) is 0 Å². The average Bonchev–Trinajstić information content (AvgIpc) is 3.36. The molecule has 40 heavy (non-hydrogen) atoms. The van der Waals surface area contributed by atoms with Gasteiger partial charge in [0.2, 0.25) is 5.88 Å². The van der Waals surface area contributed by atoms with E-state index in [4.69, 9.17) is 9.84 Å². The highest BCUT2D eigenvalue weighted by Gasteiger charge is 2.28. The topological polar surface area (TPSA) is 154 Å². The number of carbonyl (C=O) groups excluding carboxylic acids is 1. The van der Waals surface area contributed by atoms with E-state index in [0.717, 1.165) is 31.5 Å². The number of pyridine rings is 1. The molecule has 4 aromatic rings. The number of nitrogens with one attached hydrogen (secondary N) is 2. The van der Waals surface area contributed by atoms with Gasteiger partial charge in [0.05, 0.1) is 37.3 Å². The minimum absolute atomic E-state index is 0.00768. The van der Waals surface area contributed by atoms with Gasteiger partial charge in [-0.3, -0.25) is 9.89 Å². The van der Waals surface area contributed by atoms with E-state index in [1.165, 1.54) is 6.07 Å². The first-order valence-electron chi connectivity index (χ1n) is 11.6. The van der Waals surface area contributed by atoms with Crippen molar-refractivity contribution in [3.05, 3.63) is 71.1 Å². The maximum Gasteiger partial charge on any atom is 0.269 e. The van der Waals surface area contributed by atoms with Gasteiger partial charge in [-0.1, -0.05) is 12.1 Å². The summed E-state index contributed by atoms with van der Waals surface area (Å²) in [4.78, 5) is 15.4. The zero-order valence-electron chi connectivity index (χ0n) is 20.7. The number of halogens is 4. The van der Waals surface area contributed by atoms with Crippen LogP contribution in [0, 0.1) is 23.3 Å². The molecule has 0 radical (unpaired) electrons. The van der Waals surface area contributed by atoms with Gasteiger partial charge in [-0.2, -0.15) is 5.10 Å². The second kappa shape index (κ2) is 11.6. The van der Waals surface area contributed by atoms with Crippen molar-refractivity contribution in [2.24, 2.45) is 0 Å². The monoisotopic (exact) mass is 582 g/mol. The lowest BCUT2D eigenvalue weighted by Gasteiger charge is -2.13. The summed E-state index contributed by atoms with van der Waals surface area (Å²) in [6.45, 7) is -0.501. The molecule has 10 nitrogen and oxygen atoms in total. The summed E-state index contributed by atoms with van der Waals surface area (Å²) in [7, 11) is -3.34. The number of aliphatic hydroxyl groups is 2. The summed E-state index contributed by atoms with van der Waals surface area (Å²) in [6.07, 6.45) is -0.249. The summed E-state index contributed by atoms with van der Waals surface area (Å²) >= 11 is 0. The molecule has 0 saturated carbocycles. The number of benzene rings is 2. The van der Waals surface area contributed by atoms with Crippen LogP contribution in [0.1, 0.15) is 22.5 Å². The molecule has 2 aromatic heterocycles. The number of ether oxygens (including phenoxy) is 1. The first-order chi connectivity index (χ1) is 19.0. The molecule has 0 aliphatic rings. The van der Waals surface area contributed by atoms with E-state index >= 15 is 8.78 Å². The van der Waals surface area contributed by atoms with Gasteiger partial charge in [-0.05, 0) is 24.6 Å². The Hall–Kier alpha value is -4.08. The summed E-state index contributed by atoms with van der Waals surface area (Å²) in [6, 6.07) is 4.50. The Balaban J connectivity index is 1.70. The van der Waals surface area contributed by atoms with Crippen LogP contribution in [0.4, 0.5) is 17.6 Å². The fourth-order valence-corrected chi connectivity index (χ4v) is 5.45. The highest BCUT2D eigenvalue weighted by Crippen LogP contribution is 2.35. The lowest BCUT2D eigenvalue weighted by molar-refractivity contribution is 0.0832. The average molecular weight is 583 g/mol. The van der Waals surface area contributed by atoms with Gasteiger partial charge in [0, 0.05) is 23.1 Å². The molecule has 0 aliphatic carbocycles.